The molecule has 0 saturated carbocycles. The predicted octanol–water partition coefficient (Wildman–Crippen LogP) is 4.66. The van der Waals surface area contributed by atoms with Crippen LogP contribution in [0.1, 0.15) is 10.4 Å². The van der Waals surface area contributed by atoms with E-state index in [4.69, 9.17) is 4.74 Å². The molecule has 4 heteroatoms. The summed E-state index contributed by atoms with van der Waals surface area (Å²) >= 11 is 5.56. The minimum Gasteiger partial charge on any atom is -0.457 e. The first kappa shape index (κ1) is 12.6. The third kappa shape index (κ3) is 3.29. The molecule has 0 radical (unpaired) electrons. The molecule has 0 aliphatic carbocycles. The highest BCUT2D eigenvalue weighted by Gasteiger charge is 2.02. The standard InChI is InChI=1S/C13H8BrIO2/c14-13-7-12(4-1-9(13)8-16)17-11-5-2-10(15)3-6-11/h1-8H. The molecule has 2 nitrogen and oxygen atoms in total. The Morgan fingerprint density at radius 3 is 2.29 bits per heavy atom. The summed E-state index contributed by atoms with van der Waals surface area (Å²) in [5, 5.41) is 0. The van der Waals surface area contributed by atoms with Crippen LogP contribution < -0.4 is 4.74 Å². The fourth-order valence-electron chi connectivity index (χ4n) is 1.31. The van der Waals surface area contributed by atoms with Gasteiger partial charge in [0.15, 0.2) is 6.29 Å². The quantitative estimate of drug-likeness (QED) is 0.551. The van der Waals surface area contributed by atoms with Crippen molar-refractivity contribution in [3.05, 3.63) is 56.1 Å². The van der Waals surface area contributed by atoms with E-state index in [0.717, 1.165) is 20.1 Å². The number of carbonyl (C=O) groups is 1. The Morgan fingerprint density at radius 1 is 1.06 bits per heavy atom. The summed E-state index contributed by atoms with van der Waals surface area (Å²) in [6.45, 7) is 0. The van der Waals surface area contributed by atoms with E-state index in [2.05, 4.69) is 38.5 Å². The lowest BCUT2D eigenvalue weighted by molar-refractivity contribution is 0.112. The molecule has 0 atom stereocenters. The Morgan fingerprint density at radius 2 is 1.71 bits per heavy atom. The van der Waals surface area contributed by atoms with Gasteiger partial charge in [0, 0.05) is 13.6 Å². The number of aldehydes is 1. The van der Waals surface area contributed by atoms with E-state index >= 15 is 0 Å². The van der Waals surface area contributed by atoms with Crippen LogP contribution in [0.3, 0.4) is 0 Å². The minimum absolute atomic E-state index is 0.611. The van der Waals surface area contributed by atoms with Gasteiger partial charge in [-0.3, -0.25) is 4.79 Å². The summed E-state index contributed by atoms with van der Waals surface area (Å²) in [4.78, 5) is 10.7. The minimum atomic E-state index is 0.611. The second-order valence-electron chi connectivity index (χ2n) is 3.36. The summed E-state index contributed by atoms with van der Waals surface area (Å²) in [6, 6.07) is 13.0. The highest BCUT2D eigenvalue weighted by molar-refractivity contribution is 14.1. The molecule has 0 unspecified atom stereocenters. The van der Waals surface area contributed by atoms with Crippen LogP contribution in [-0.4, -0.2) is 6.29 Å². The summed E-state index contributed by atoms with van der Waals surface area (Å²) in [6.07, 6.45) is 0.804. The van der Waals surface area contributed by atoms with Gasteiger partial charge in [-0.15, -0.1) is 0 Å². The van der Waals surface area contributed by atoms with Gasteiger partial charge in [-0.1, -0.05) is 0 Å². The molecular formula is C13H8BrIO2. The van der Waals surface area contributed by atoms with Crippen molar-refractivity contribution in [3.8, 4) is 11.5 Å². The van der Waals surface area contributed by atoms with Crippen LogP contribution in [0.4, 0.5) is 0 Å². The normalized spacial score (nSPS) is 10.0. The van der Waals surface area contributed by atoms with Crippen molar-refractivity contribution in [1.29, 1.82) is 0 Å². The van der Waals surface area contributed by atoms with Crippen molar-refractivity contribution in [2.75, 3.05) is 0 Å². The molecule has 0 spiro atoms. The van der Waals surface area contributed by atoms with E-state index in [0.29, 0.717) is 11.3 Å². The molecular weight excluding hydrogens is 395 g/mol. The van der Waals surface area contributed by atoms with Crippen molar-refractivity contribution in [3.63, 3.8) is 0 Å². The third-order valence-electron chi connectivity index (χ3n) is 2.15. The van der Waals surface area contributed by atoms with E-state index < -0.39 is 0 Å². The van der Waals surface area contributed by atoms with Crippen LogP contribution in [-0.2, 0) is 0 Å². The van der Waals surface area contributed by atoms with Crippen molar-refractivity contribution in [2.24, 2.45) is 0 Å². The molecule has 0 heterocycles. The van der Waals surface area contributed by atoms with Crippen molar-refractivity contribution >= 4 is 44.8 Å². The van der Waals surface area contributed by atoms with Crippen molar-refractivity contribution in [2.45, 2.75) is 0 Å². The monoisotopic (exact) mass is 402 g/mol. The molecule has 0 amide bonds. The van der Waals surface area contributed by atoms with E-state index in [1.54, 1.807) is 18.2 Å². The molecule has 2 aromatic rings. The molecule has 2 aromatic carbocycles. The van der Waals surface area contributed by atoms with Crippen LogP contribution in [0.15, 0.2) is 46.9 Å². The first-order valence-electron chi connectivity index (χ1n) is 4.87. The van der Waals surface area contributed by atoms with Gasteiger partial charge in [-0.25, -0.2) is 0 Å². The number of ether oxygens (including phenoxy) is 1. The highest BCUT2D eigenvalue weighted by atomic mass is 127. The number of rotatable bonds is 3. The summed E-state index contributed by atoms with van der Waals surface area (Å²) in [5.41, 5.74) is 0.611. The van der Waals surface area contributed by atoms with Gasteiger partial charge in [0.05, 0.1) is 0 Å². The molecule has 17 heavy (non-hydrogen) atoms. The largest absolute Gasteiger partial charge is 0.457 e. The number of benzene rings is 2. The zero-order valence-corrected chi connectivity index (χ0v) is 12.4. The zero-order valence-electron chi connectivity index (χ0n) is 8.69. The molecule has 0 aromatic heterocycles. The number of hydrogen-bond acceptors (Lipinski definition) is 2. The molecule has 2 rings (SSSR count). The van der Waals surface area contributed by atoms with E-state index in [9.17, 15) is 4.79 Å². The third-order valence-corrected chi connectivity index (χ3v) is 3.55. The van der Waals surface area contributed by atoms with E-state index in [1.165, 1.54) is 0 Å². The van der Waals surface area contributed by atoms with Gasteiger partial charge in [0.1, 0.15) is 11.5 Å². The smallest absolute Gasteiger partial charge is 0.151 e. The number of halogens is 2. The van der Waals surface area contributed by atoms with Crippen LogP contribution in [0.5, 0.6) is 11.5 Å². The fourth-order valence-corrected chi connectivity index (χ4v) is 2.12. The first-order chi connectivity index (χ1) is 8.19. The summed E-state index contributed by atoms with van der Waals surface area (Å²) < 4.78 is 7.56. The van der Waals surface area contributed by atoms with Crippen LogP contribution in [0.2, 0.25) is 0 Å². The zero-order chi connectivity index (χ0) is 12.3. The Kier molecular flexibility index (Phi) is 4.17. The van der Waals surface area contributed by atoms with Gasteiger partial charge >= 0.3 is 0 Å². The maximum Gasteiger partial charge on any atom is 0.151 e. The van der Waals surface area contributed by atoms with Gasteiger partial charge < -0.3 is 4.74 Å². The van der Waals surface area contributed by atoms with E-state index in [-0.39, 0.29) is 0 Å². The van der Waals surface area contributed by atoms with Gasteiger partial charge in [-0.2, -0.15) is 0 Å². The Hall–Kier alpha value is -0.880. The van der Waals surface area contributed by atoms with Gasteiger partial charge in [0.2, 0.25) is 0 Å². The summed E-state index contributed by atoms with van der Waals surface area (Å²) in [7, 11) is 0. The molecule has 0 aliphatic rings. The second kappa shape index (κ2) is 5.64. The first-order valence-corrected chi connectivity index (χ1v) is 6.74. The van der Waals surface area contributed by atoms with Gasteiger partial charge in [0.25, 0.3) is 0 Å². The predicted molar refractivity (Wildman–Crippen MR) is 78.8 cm³/mol. The fraction of sp³-hybridized carbons (Fsp3) is 0. The molecule has 0 fully saturated rings. The lowest BCUT2D eigenvalue weighted by Crippen LogP contribution is -1.87. The molecule has 0 saturated heterocycles. The average Bonchev–Trinajstić information content (AvgIpc) is 2.32. The SMILES string of the molecule is O=Cc1ccc(Oc2ccc(I)cc2)cc1Br. The Labute approximate surface area is 121 Å². The molecule has 0 bridgehead atoms. The average molecular weight is 403 g/mol. The maximum absolute atomic E-state index is 10.7. The van der Waals surface area contributed by atoms with Crippen molar-refractivity contribution < 1.29 is 9.53 Å². The van der Waals surface area contributed by atoms with Crippen LogP contribution >= 0.6 is 38.5 Å². The van der Waals surface area contributed by atoms with Gasteiger partial charge in [-0.05, 0) is 81.0 Å². The number of carbonyl (C=O) groups excluding carboxylic acids is 1. The van der Waals surface area contributed by atoms with E-state index in [1.807, 2.05) is 24.3 Å². The topological polar surface area (TPSA) is 26.3 Å². The molecule has 0 aliphatic heterocycles. The van der Waals surface area contributed by atoms with Crippen molar-refractivity contribution in [1.82, 2.24) is 0 Å². The molecule has 0 N–H and O–H groups in total. The Balaban J connectivity index is 2.21. The maximum atomic E-state index is 10.7. The van der Waals surface area contributed by atoms with Crippen LogP contribution in [0, 0.1) is 3.57 Å². The summed E-state index contributed by atoms with van der Waals surface area (Å²) in [5.74, 6) is 1.47. The Bertz CT molecular complexity index is 538. The lowest BCUT2D eigenvalue weighted by atomic mass is 10.2. The highest BCUT2D eigenvalue weighted by Crippen LogP contribution is 2.26. The molecule has 86 valence electrons. The second-order valence-corrected chi connectivity index (χ2v) is 5.46. The number of hydrogen-bond donors (Lipinski definition) is 0. The van der Waals surface area contributed by atoms with Crippen LogP contribution in [0.25, 0.3) is 0 Å². The lowest BCUT2D eigenvalue weighted by Gasteiger charge is -2.06.